The molecule has 132 valence electrons. The molecule has 0 saturated heterocycles. The molecule has 0 radical (unpaired) electrons. The van der Waals surface area contributed by atoms with Crippen LogP contribution >= 0.6 is 39.3 Å². The van der Waals surface area contributed by atoms with E-state index in [1.165, 1.54) is 31.0 Å². The summed E-state index contributed by atoms with van der Waals surface area (Å²) in [7, 11) is 1.38. The number of hydrogen-bond acceptors (Lipinski definition) is 6. The van der Waals surface area contributed by atoms with Crippen LogP contribution in [0.25, 0.3) is 0 Å². The van der Waals surface area contributed by atoms with Gasteiger partial charge in [-0.15, -0.1) is 11.8 Å². The molecule has 0 fully saturated rings. The number of nitro groups is 1. The van der Waals surface area contributed by atoms with E-state index in [0.29, 0.717) is 16.3 Å². The van der Waals surface area contributed by atoms with Crippen molar-refractivity contribution in [2.45, 2.75) is 5.75 Å². The van der Waals surface area contributed by atoms with Crippen LogP contribution in [0.4, 0.5) is 5.69 Å². The summed E-state index contributed by atoms with van der Waals surface area (Å²) >= 11 is 10.5. The van der Waals surface area contributed by atoms with Gasteiger partial charge in [-0.2, -0.15) is 0 Å². The van der Waals surface area contributed by atoms with Crippen LogP contribution in [0.2, 0.25) is 5.02 Å². The van der Waals surface area contributed by atoms with Crippen LogP contribution in [0.3, 0.4) is 0 Å². The van der Waals surface area contributed by atoms with Crippen molar-refractivity contribution in [3.8, 4) is 11.5 Å². The van der Waals surface area contributed by atoms with Crippen molar-refractivity contribution < 1.29 is 19.2 Å². The van der Waals surface area contributed by atoms with E-state index in [1.807, 2.05) is 0 Å². The number of ether oxygens (including phenoxy) is 2. The maximum absolute atomic E-state index is 11.9. The third-order valence-electron chi connectivity index (χ3n) is 3.05. The van der Waals surface area contributed by atoms with Crippen molar-refractivity contribution in [3.05, 3.63) is 61.6 Å². The highest BCUT2D eigenvalue weighted by Crippen LogP contribution is 2.30. The summed E-state index contributed by atoms with van der Waals surface area (Å²) in [5.41, 5.74) is 0.608. The molecule has 0 bridgehead atoms. The van der Waals surface area contributed by atoms with Gasteiger partial charge in [0, 0.05) is 16.3 Å². The van der Waals surface area contributed by atoms with Crippen LogP contribution in [0, 0.1) is 10.1 Å². The molecule has 2 aromatic rings. The third-order valence-corrected chi connectivity index (χ3v) is 4.81. The van der Waals surface area contributed by atoms with Gasteiger partial charge in [-0.3, -0.25) is 14.9 Å². The number of rotatable bonds is 7. The SMILES string of the molecule is COc1ccc(CSCC(=O)Oc2ccc(Br)cc2Cl)cc1[N+](=O)[O-]. The topological polar surface area (TPSA) is 78.7 Å². The molecule has 0 spiro atoms. The van der Waals surface area contributed by atoms with Gasteiger partial charge < -0.3 is 9.47 Å². The molecular formula is C16H13BrClNO5S. The number of benzene rings is 2. The van der Waals surface area contributed by atoms with Crippen LogP contribution in [-0.4, -0.2) is 23.8 Å². The van der Waals surface area contributed by atoms with E-state index in [-0.39, 0.29) is 22.9 Å². The minimum absolute atomic E-state index is 0.0895. The molecule has 0 aliphatic rings. The minimum Gasteiger partial charge on any atom is -0.490 e. The number of nitro benzene ring substituents is 1. The molecule has 0 heterocycles. The Morgan fingerprint density at radius 2 is 2.00 bits per heavy atom. The Kier molecular flexibility index (Phi) is 7.10. The fourth-order valence-corrected chi connectivity index (χ4v) is 3.39. The molecule has 2 aromatic carbocycles. The fraction of sp³-hybridized carbons (Fsp3) is 0.188. The highest BCUT2D eigenvalue weighted by Gasteiger charge is 2.15. The highest BCUT2D eigenvalue weighted by atomic mass is 79.9. The van der Waals surface area contributed by atoms with E-state index < -0.39 is 10.9 Å². The maximum atomic E-state index is 11.9. The Balaban J connectivity index is 1.91. The van der Waals surface area contributed by atoms with Gasteiger partial charge in [0.05, 0.1) is 22.8 Å². The van der Waals surface area contributed by atoms with E-state index in [9.17, 15) is 14.9 Å². The molecule has 0 aliphatic carbocycles. The molecule has 0 aliphatic heterocycles. The second kappa shape index (κ2) is 9.07. The second-order valence-corrected chi connectivity index (χ2v) is 7.11. The van der Waals surface area contributed by atoms with Gasteiger partial charge in [-0.05, 0) is 29.8 Å². The summed E-state index contributed by atoms with van der Waals surface area (Å²) in [4.78, 5) is 22.4. The Bertz CT molecular complexity index is 802. The van der Waals surface area contributed by atoms with Gasteiger partial charge in [0.25, 0.3) is 0 Å². The number of esters is 1. The number of hydrogen-bond donors (Lipinski definition) is 0. The van der Waals surface area contributed by atoms with Crippen LogP contribution < -0.4 is 9.47 Å². The zero-order valence-electron chi connectivity index (χ0n) is 13.0. The average Bonchev–Trinajstić information content (AvgIpc) is 2.57. The average molecular weight is 447 g/mol. The van der Waals surface area contributed by atoms with Gasteiger partial charge in [0.2, 0.25) is 0 Å². The van der Waals surface area contributed by atoms with Crippen LogP contribution in [0.5, 0.6) is 11.5 Å². The van der Waals surface area contributed by atoms with Crippen molar-refractivity contribution in [1.29, 1.82) is 0 Å². The molecule has 0 amide bonds. The molecular weight excluding hydrogens is 434 g/mol. The summed E-state index contributed by atoms with van der Waals surface area (Å²) in [6, 6.07) is 9.64. The van der Waals surface area contributed by atoms with Crippen molar-refractivity contribution in [2.75, 3.05) is 12.9 Å². The Morgan fingerprint density at radius 3 is 2.64 bits per heavy atom. The van der Waals surface area contributed by atoms with Crippen molar-refractivity contribution in [1.82, 2.24) is 0 Å². The number of carbonyl (C=O) groups excluding carboxylic acids is 1. The van der Waals surface area contributed by atoms with E-state index >= 15 is 0 Å². The van der Waals surface area contributed by atoms with Crippen molar-refractivity contribution in [2.24, 2.45) is 0 Å². The Labute approximate surface area is 161 Å². The van der Waals surface area contributed by atoms with Crippen LogP contribution in [-0.2, 0) is 10.5 Å². The number of methoxy groups -OCH3 is 1. The summed E-state index contributed by atoms with van der Waals surface area (Å²) in [5, 5.41) is 11.3. The van der Waals surface area contributed by atoms with Crippen LogP contribution in [0.15, 0.2) is 40.9 Å². The first-order valence-corrected chi connectivity index (χ1v) is 9.28. The number of thioether (sulfide) groups is 1. The van der Waals surface area contributed by atoms with E-state index in [2.05, 4.69) is 15.9 Å². The lowest BCUT2D eigenvalue weighted by molar-refractivity contribution is -0.385. The third kappa shape index (κ3) is 5.62. The maximum Gasteiger partial charge on any atom is 0.321 e. The molecule has 0 unspecified atom stereocenters. The number of carbonyl (C=O) groups is 1. The predicted octanol–water partition coefficient (Wildman–Crippen LogP) is 4.86. The first kappa shape index (κ1) is 19.6. The first-order chi connectivity index (χ1) is 11.9. The molecule has 0 aromatic heterocycles. The van der Waals surface area contributed by atoms with Gasteiger partial charge in [-0.1, -0.05) is 33.6 Å². The Morgan fingerprint density at radius 1 is 1.28 bits per heavy atom. The fourth-order valence-electron chi connectivity index (χ4n) is 1.93. The highest BCUT2D eigenvalue weighted by molar-refractivity contribution is 9.10. The molecule has 0 saturated carbocycles. The smallest absolute Gasteiger partial charge is 0.321 e. The van der Waals surface area contributed by atoms with Gasteiger partial charge >= 0.3 is 11.7 Å². The molecule has 0 N–H and O–H groups in total. The number of nitrogens with zero attached hydrogens (tertiary/aromatic N) is 1. The molecule has 6 nitrogen and oxygen atoms in total. The first-order valence-electron chi connectivity index (χ1n) is 6.95. The Hall–Kier alpha value is -1.77. The van der Waals surface area contributed by atoms with Gasteiger partial charge in [0.15, 0.2) is 5.75 Å². The van der Waals surface area contributed by atoms with E-state index in [1.54, 1.807) is 24.3 Å². The normalized spacial score (nSPS) is 10.4. The lowest BCUT2D eigenvalue weighted by Gasteiger charge is -2.07. The monoisotopic (exact) mass is 445 g/mol. The van der Waals surface area contributed by atoms with E-state index in [4.69, 9.17) is 21.1 Å². The van der Waals surface area contributed by atoms with Crippen LogP contribution in [0.1, 0.15) is 5.56 Å². The molecule has 25 heavy (non-hydrogen) atoms. The molecule has 0 atom stereocenters. The predicted molar refractivity (Wildman–Crippen MR) is 101 cm³/mol. The zero-order chi connectivity index (χ0) is 18.4. The van der Waals surface area contributed by atoms with Gasteiger partial charge in [0.1, 0.15) is 5.75 Å². The summed E-state index contributed by atoms with van der Waals surface area (Å²) < 4.78 is 10.9. The second-order valence-electron chi connectivity index (χ2n) is 4.80. The quantitative estimate of drug-likeness (QED) is 0.262. The standard InChI is InChI=1S/C16H13BrClNO5S/c1-23-15-4-2-10(6-13(15)19(21)22)8-25-9-16(20)24-14-5-3-11(17)7-12(14)18/h2-7H,8-9H2,1H3. The van der Waals surface area contributed by atoms with Crippen molar-refractivity contribution in [3.63, 3.8) is 0 Å². The summed E-state index contributed by atoms with van der Waals surface area (Å²) in [6.45, 7) is 0. The minimum atomic E-state index is -0.503. The van der Waals surface area contributed by atoms with Gasteiger partial charge in [-0.25, -0.2) is 0 Å². The lowest BCUT2D eigenvalue weighted by atomic mass is 10.2. The summed E-state index contributed by atoms with van der Waals surface area (Å²) in [6.07, 6.45) is 0. The molecule has 2 rings (SSSR count). The van der Waals surface area contributed by atoms with Crippen molar-refractivity contribution >= 4 is 50.9 Å². The van der Waals surface area contributed by atoms with E-state index in [0.717, 1.165) is 4.47 Å². The lowest BCUT2D eigenvalue weighted by Crippen LogP contribution is -2.11. The molecule has 9 heteroatoms. The number of halogens is 2. The largest absolute Gasteiger partial charge is 0.490 e. The zero-order valence-corrected chi connectivity index (χ0v) is 16.2. The summed E-state index contributed by atoms with van der Waals surface area (Å²) in [5.74, 6) is 0.552.